The second-order valence-corrected chi connectivity index (χ2v) is 29.2. The molecule has 102 heavy (non-hydrogen) atoms. The van der Waals surface area contributed by atoms with Crippen molar-refractivity contribution in [1.82, 2.24) is 0 Å². The summed E-state index contributed by atoms with van der Waals surface area (Å²) in [4.78, 5) is 0. The molecule has 0 heterocycles. The summed E-state index contributed by atoms with van der Waals surface area (Å²) >= 11 is 0. The Kier molecular flexibility index (Phi) is 13.5. The molecule has 0 fully saturated rings. The zero-order valence-corrected chi connectivity index (χ0v) is 57.5. The van der Waals surface area contributed by atoms with E-state index in [2.05, 4.69) is 380 Å². The van der Waals surface area contributed by atoms with Gasteiger partial charge in [0.15, 0.2) is 0 Å². The minimum absolute atomic E-state index is 0.0925. The van der Waals surface area contributed by atoms with Crippen molar-refractivity contribution in [3.63, 3.8) is 0 Å². The highest BCUT2D eigenvalue weighted by atomic mass is 14.4. The normalized spacial score (nSPS) is 13.3. The Morgan fingerprint density at radius 1 is 0.157 bits per heavy atom. The third-order valence-electron chi connectivity index (χ3n) is 23.0. The van der Waals surface area contributed by atoms with Crippen LogP contribution in [0.25, 0.3) is 186 Å². The van der Waals surface area contributed by atoms with Crippen LogP contribution in [-0.4, -0.2) is 0 Å². The second kappa shape index (κ2) is 23.0. The summed E-state index contributed by atoms with van der Waals surface area (Å²) in [6, 6.07) is 131. The molecule has 2 aliphatic carbocycles. The zero-order valence-electron chi connectivity index (χ0n) is 57.5. The van der Waals surface area contributed by atoms with Crippen molar-refractivity contribution in [3.8, 4) is 89.0 Å². The zero-order chi connectivity index (χ0) is 68.0. The van der Waals surface area contributed by atoms with Gasteiger partial charge in [0, 0.05) is 10.8 Å². The molecule has 0 nitrogen and oxygen atoms in total. The van der Waals surface area contributed by atoms with Gasteiger partial charge in [-0.1, -0.05) is 361 Å². The Morgan fingerprint density at radius 3 is 0.765 bits per heavy atom. The molecular formula is C102H70. The number of hydrogen-bond donors (Lipinski definition) is 0. The first-order valence-corrected chi connectivity index (χ1v) is 36.0. The van der Waals surface area contributed by atoms with Crippen LogP contribution < -0.4 is 0 Å². The van der Waals surface area contributed by atoms with Crippen LogP contribution in [0.4, 0.5) is 0 Å². The van der Waals surface area contributed by atoms with Crippen molar-refractivity contribution in [2.24, 2.45) is 0 Å². The lowest BCUT2D eigenvalue weighted by Gasteiger charge is -2.24. The van der Waals surface area contributed by atoms with Crippen LogP contribution in [0, 0.1) is 0 Å². The van der Waals surface area contributed by atoms with Gasteiger partial charge < -0.3 is 0 Å². The summed E-state index contributed by atoms with van der Waals surface area (Å²) in [5.41, 5.74) is 26.1. The summed E-state index contributed by atoms with van der Waals surface area (Å²) in [6.07, 6.45) is 0. The number of benzene rings is 19. The smallest absolute Gasteiger partial charge is 0.0165 e. The summed E-state index contributed by atoms with van der Waals surface area (Å²) in [6.45, 7) is 9.58. The van der Waals surface area contributed by atoms with Gasteiger partial charge in [-0.25, -0.2) is 0 Å². The van der Waals surface area contributed by atoms with E-state index in [9.17, 15) is 0 Å². The maximum atomic E-state index is 2.45. The molecule has 0 atom stereocenters. The molecule has 0 saturated heterocycles. The van der Waals surface area contributed by atoms with Crippen LogP contribution in [0.15, 0.2) is 352 Å². The summed E-state index contributed by atoms with van der Waals surface area (Å²) in [5.74, 6) is 0. The van der Waals surface area contributed by atoms with E-state index in [1.807, 2.05) is 0 Å². The SMILES string of the molecule is CC1(C)c2ccc(-c3ccc(-c4c5ccccc5c(-c5ccc6ccccc6c5)c5ccccc45)cc3)cc2-c2c1c1ccccc1c1ccccc21.CC1(C)c2ccc(-c3ccc(-c4c5ccccc5c(-c5ccccc5)c5ccccc45)cc3)cc2-c2c1c1ccccc1c1ccccc21. The minimum Gasteiger partial charge on any atom is -0.0622 e. The molecule has 0 saturated carbocycles. The number of fused-ring (bicyclic) bond motifs is 21. The average Bonchev–Trinajstić information content (AvgIpc) is 1.54. The second-order valence-electron chi connectivity index (χ2n) is 29.2. The van der Waals surface area contributed by atoms with Crippen LogP contribution >= 0.6 is 0 Å². The molecule has 19 aromatic rings. The Hall–Kier alpha value is -12.5. The largest absolute Gasteiger partial charge is 0.0622 e. The Bertz CT molecular complexity index is 6590. The Morgan fingerprint density at radius 2 is 0.402 bits per heavy atom. The van der Waals surface area contributed by atoms with Crippen molar-refractivity contribution in [2.45, 2.75) is 38.5 Å². The lowest BCUT2D eigenvalue weighted by Crippen LogP contribution is -2.15. The van der Waals surface area contributed by atoms with Gasteiger partial charge in [-0.3, -0.25) is 0 Å². The molecule has 2 aliphatic rings. The monoisotopic (exact) mass is 1290 g/mol. The first kappa shape index (κ1) is 59.6. The molecule has 0 spiro atoms. The van der Waals surface area contributed by atoms with E-state index < -0.39 is 0 Å². The van der Waals surface area contributed by atoms with Gasteiger partial charge in [0.25, 0.3) is 0 Å². The predicted octanol–water partition coefficient (Wildman–Crippen LogP) is 28.4. The predicted molar refractivity (Wildman–Crippen MR) is 438 cm³/mol. The van der Waals surface area contributed by atoms with Gasteiger partial charge >= 0.3 is 0 Å². The van der Waals surface area contributed by atoms with Crippen molar-refractivity contribution >= 4 is 97.0 Å². The van der Waals surface area contributed by atoms with E-state index >= 15 is 0 Å². The highest BCUT2D eigenvalue weighted by Crippen LogP contribution is 2.58. The maximum absolute atomic E-state index is 2.45. The van der Waals surface area contributed by atoms with Gasteiger partial charge in [-0.15, -0.1) is 0 Å². The molecule has 0 radical (unpaired) electrons. The lowest BCUT2D eigenvalue weighted by atomic mass is 9.79. The molecule has 19 aromatic carbocycles. The topological polar surface area (TPSA) is 0 Å². The van der Waals surface area contributed by atoms with E-state index in [1.54, 1.807) is 0 Å². The van der Waals surface area contributed by atoms with E-state index in [0.29, 0.717) is 0 Å². The van der Waals surface area contributed by atoms with Gasteiger partial charge in [0.2, 0.25) is 0 Å². The molecular weight excluding hydrogens is 1230 g/mol. The van der Waals surface area contributed by atoms with Gasteiger partial charge in [0.05, 0.1) is 0 Å². The molecule has 21 rings (SSSR count). The van der Waals surface area contributed by atoms with Crippen molar-refractivity contribution in [2.75, 3.05) is 0 Å². The molecule has 0 heteroatoms. The molecule has 0 N–H and O–H groups in total. The average molecular weight is 1300 g/mol. The Labute approximate surface area is 594 Å². The number of rotatable bonds is 6. The lowest BCUT2D eigenvalue weighted by molar-refractivity contribution is 0.666. The maximum Gasteiger partial charge on any atom is 0.0165 e. The number of hydrogen-bond acceptors (Lipinski definition) is 0. The molecule has 478 valence electrons. The van der Waals surface area contributed by atoms with Crippen LogP contribution in [-0.2, 0) is 10.8 Å². The highest BCUT2D eigenvalue weighted by molar-refractivity contribution is 6.24. The van der Waals surface area contributed by atoms with Crippen LogP contribution in [0.5, 0.6) is 0 Å². The fourth-order valence-electron chi connectivity index (χ4n) is 18.5. The molecule has 0 unspecified atom stereocenters. The van der Waals surface area contributed by atoms with E-state index in [1.165, 1.54) is 208 Å². The molecule has 0 bridgehead atoms. The Balaban J connectivity index is 0.000000137. The third-order valence-corrected chi connectivity index (χ3v) is 23.0. The van der Waals surface area contributed by atoms with Crippen molar-refractivity contribution in [3.05, 3.63) is 374 Å². The first-order valence-electron chi connectivity index (χ1n) is 36.0. The van der Waals surface area contributed by atoms with Crippen LogP contribution in [0.1, 0.15) is 49.9 Å². The van der Waals surface area contributed by atoms with Gasteiger partial charge in [-0.05, 0) is 226 Å². The fraction of sp³-hybridized carbons (Fsp3) is 0.0588. The van der Waals surface area contributed by atoms with Crippen molar-refractivity contribution in [1.29, 1.82) is 0 Å². The summed E-state index contributed by atoms with van der Waals surface area (Å²) in [5, 5.41) is 23.5. The van der Waals surface area contributed by atoms with E-state index in [4.69, 9.17) is 0 Å². The summed E-state index contributed by atoms with van der Waals surface area (Å²) in [7, 11) is 0. The quantitative estimate of drug-likeness (QED) is 0.115. The van der Waals surface area contributed by atoms with E-state index in [0.717, 1.165) is 0 Å². The minimum atomic E-state index is -0.0994. The van der Waals surface area contributed by atoms with Gasteiger partial charge in [-0.2, -0.15) is 0 Å². The van der Waals surface area contributed by atoms with Crippen molar-refractivity contribution < 1.29 is 0 Å². The summed E-state index contributed by atoms with van der Waals surface area (Å²) < 4.78 is 0. The van der Waals surface area contributed by atoms with Crippen LogP contribution in [0.2, 0.25) is 0 Å². The molecule has 0 aliphatic heterocycles. The fourth-order valence-corrected chi connectivity index (χ4v) is 18.5. The van der Waals surface area contributed by atoms with Crippen LogP contribution in [0.3, 0.4) is 0 Å². The third kappa shape index (κ3) is 9.02. The van der Waals surface area contributed by atoms with E-state index in [-0.39, 0.29) is 10.8 Å². The first-order chi connectivity index (χ1) is 50.2. The highest BCUT2D eigenvalue weighted by Gasteiger charge is 2.40. The molecule has 0 aromatic heterocycles. The molecule has 0 amide bonds. The standard InChI is InChI=1S/C53H36.C49H34/c1-53(2)48-30-29-37(32-47(48)51-41-17-7-5-15-39(41)40-16-6-12-22-46(40)52(51)53)34-23-26-35(27-24-34)49-42-18-8-10-20-44(42)50(45-21-11-9-19-43(45)49)38-28-25-33-13-3-4-14-36(33)31-38;1-49(2)44-29-28-34(30-43(44)47-37-18-8-6-16-35(37)36-17-7-13-23-42(36)48(47)49)31-24-26-33(27-25-31)46-40-21-11-9-19-38(40)45(32-14-4-3-5-15-32)39-20-10-12-22-41(39)46/h3-32H,1-2H3;3-30H,1-2H3. The van der Waals surface area contributed by atoms with Gasteiger partial charge in [0.1, 0.15) is 0 Å².